The zero-order valence-corrected chi connectivity index (χ0v) is 20.5. The van der Waals surface area contributed by atoms with E-state index in [1.54, 1.807) is 18.6 Å². The Morgan fingerprint density at radius 1 is 1.03 bits per heavy atom. The third-order valence-corrected chi connectivity index (χ3v) is 5.98. The lowest BCUT2D eigenvalue weighted by atomic mass is 10.1. The molecule has 7 heteroatoms. The summed E-state index contributed by atoms with van der Waals surface area (Å²) in [5, 5.41) is 6.24. The van der Waals surface area contributed by atoms with Gasteiger partial charge >= 0.3 is 0 Å². The molecule has 0 aliphatic rings. The minimum Gasteiger partial charge on any atom is -0.324 e. The fourth-order valence-corrected chi connectivity index (χ4v) is 3.56. The van der Waals surface area contributed by atoms with E-state index < -0.39 is 0 Å². The van der Waals surface area contributed by atoms with Gasteiger partial charge in [-0.3, -0.25) is 9.78 Å². The van der Waals surface area contributed by atoms with Gasteiger partial charge in [-0.15, -0.1) is 0 Å². The number of carbonyl (C=O) groups is 1. The standard InChI is InChI=1S/C28H30N6O/c1-19-7-10-22(27(35)31-24-11-8-21(9-12-24)16-20(2)34(3)4)17-26(19)33-28-30-15-13-25(32-28)23-6-5-14-29-18-23/h5-15,17-18,20H,16H2,1-4H3,(H,31,35)(H,30,32,33). The molecule has 2 aromatic heterocycles. The number of nitrogens with zero attached hydrogens (tertiary/aromatic N) is 4. The molecule has 0 aliphatic heterocycles. The van der Waals surface area contributed by atoms with E-state index in [4.69, 9.17) is 0 Å². The van der Waals surface area contributed by atoms with E-state index in [9.17, 15) is 4.79 Å². The second kappa shape index (κ2) is 10.9. The van der Waals surface area contributed by atoms with Crippen molar-refractivity contribution in [3.8, 4) is 11.3 Å². The van der Waals surface area contributed by atoms with Crippen LogP contribution in [0.3, 0.4) is 0 Å². The normalized spacial score (nSPS) is 11.8. The van der Waals surface area contributed by atoms with Crippen LogP contribution in [-0.4, -0.2) is 45.9 Å². The topological polar surface area (TPSA) is 83.0 Å². The molecule has 2 aromatic carbocycles. The van der Waals surface area contributed by atoms with Crippen LogP contribution < -0.4 is 10.6 Å². The maximum absolute atomic E-state index is 12.9. The van der Waals surface area contributed by atoms with Gasteiger partial charge in [0.25, 0.3) is 5.91 Å². The molecule has 178 valence electrons. The molecule has 1 unspecified atom stereocenters. The van der Waals surface area contributed by atoms with Gasteiger partial charge in [-0.25, -0.2) is 9.97 Å². The fourth-order valence-electron chi connectivity index (χ4n) is 3.56. The van der Waals surface area contributed by atoms with Crippen molar-refractivity contribution in [3.63, 3.8) is 0 Å². The Morgan fingerprint density at radius 2 is 1.83 bits per heavy atom. The number of pyridine rings is 1. The Balaban J connectivity index is 1.46. The average molecular weight is 467 g/mol. The number of hydrogen-bond donors (Lipinski definition) is 2. The molecule has 1 atom stereocenters. The lowest BCUT2D eigenvalue weighted by Crippen LogP contribution is -2.26. The largest absolute Gasteiger partial charge is 0.324 e. The van der Waals surface area contributed by atoms with E-state index in [0.29, 0.717) is 17.6 Å². The summed E-state index contributed by atoms with van der Waals surface area (Å²) in [5.74, 6) is 0.280. The number of rotatable bonds is 8. The van der Waals surface area contributed by atoms with Gasteiger partial charge in [-0.1, -0.05) is 18.2 Å². The van der Waals surface area contributed by atoms with Gasteiger partial charge in [0.2, 0.25) is 5.95 Å². The van der Waals surface area contributed by atoms with Crippen molar-refractivity contribution in [3.05, 3.63) is 95.9 Å². The molecule has 4 rings (SSSR count). The van der Waals surface area contributed by atoms with Crippen LogP contribution in [0, 0.1) is 6.92 Å². The maximum atomic E-state index is 12.9. The van der Waals surface area contributed by atoms with Gasteiger partial charge in [-0.05, 0) is 88.0 Å². The van der Waals surface area contributed by atoms with E-state index in [1.807, 2.05) is 55.5 Å². The number of likely N-dealkylation sites (N-methyl/N-ethyl adjacent to an activating group) is 1. The summed E-state index contributed by atoms with van der Waals surface area (Å²) in [4.78, 5) is 28.2. The molecule has 35 heavy (non-hydrogen) atoms. The van der Waals surface area contributed by atoms with Crippen molar-refractivity contribution < 1.29 is 4.79 Å². The molecule has 0 bridgehead atoms. The van der Waals surface area contributed by atoms with Gasteiger partial charge < -0.3 is 15.5 Å². The summed E-state index contributed by atoms with van der Waals surface area (Å²) in [5.41, 5.74) is 5.98. The summed E-state index contributed by atoms with van der Waals surface area (Å²) in [6.07, 6.45) is 6.15. The Morgan fingerprint density at radius 3 is 2.54 bits per heavy atom. The van der Waals surface area contributed by atoms with Crippen LogP contribution in [0.2, 0.25) is 0 Å². The minimum atomic E-state index is -0.174. The van der Waals surface area contributed by atoms with Crippen LogP contribution in [0.4, 0.5) is 17.3 Å². The first-order valence-electron chi connectivity index (χ1n) is 11.6. The van der Waals surface area contributed by atoms with Gasteiger partial charge in [0.05, 0.1) is 5.69 Å². The molecule has 0 aliphatic carbocycles. The Bertz CT molecular complexity index is 1290. The summed E-state index contributed by atoms with van der Waals surface area (Å²) in [6.45, 7) is 4.17. The lowest BCUT2D eigenvalue weighted by molar-refractivity contribution is 0.102. The van der Waals surface area contributed by atoms with Crippen molar-refractivity contribution in [2.75, 3.05) is 24.7 Å². The number of benzene rings is 2. The summed E-state index contributed by atoms with van der Waals surface area (Å²) < 4.78 is 0. The van der Waals surface area contributed by atoms with E-state index in [1.165, 1.54) is 5.56 Å². The van der Waals surface area contributed by atoms with Gasteiger partial charge in [0, 0.05) is 47.1 Å². The monoisotopic (exact) mass is 466 g/mol. The van der Waals surface area contributed by atoms with E-state index in [2.05, 4.69) is 63.6 Å². The van der Waals surface area contributed by atoms with Crippen molar-refractivity contribution in [2.24, 2.45) is 0 Å². The summed E-state index contributed by atoms with van der Waals surface area (Å²) in [7, 11) is 4.15. The lowest BCUT2D eigenvalue weighted by Gasteiger charge is -2.19. The highest BCUT2D eigenvalue weighted by Crippen LogP contribution is 2.23. The fraction of sp³-hybridized carbons (Fsp3) is 0.214. The molecule has 0 spiro atoms. The molecule has 1 amide bonds. The van der Waals surface area contributed by atoms with Crippen LogP contribution in [0.5, 0.6) is 0 Å². The highest BCUT2D eigenvalue weighted by molar-refractivity contribution is 6.05. The zero-order chi connectivity index (χ0) is 24.8. The Labute approximate surface area is 206 Å². The minimum absolute atomic E-state index is 0.174. The third-order valence-electron chi connectivity index (χ3n) is 5.98. The zero-order valence-electron chi connectivity index (χ0n) is 20.5. The van der Waals surface area contributed by atoms with Crippen molar-refractivity contribution >= 4 is 23.2 Å². The molecule has 2 heterocycles. The van der Waals surface area contributed by atoms with E-state index >= 15 is 0 Å². The first kappa shape index (κ1) is 24.0. The number of hydrogen-bond acceptors (Lipinski definition) is 6. The van der Waals surface area contributed by atoms with Crippen LogP contribution in [0.15, 0.2) is 79.3 Å². The van der Waals surface area contributed by atoms with E-state index in [-0.39, 0.29) is 5.91 Å². The van der Waals surface area contributed by atoms with Crippen molar-refractivity contribution in [1.29, 1.82) is 0 Å². The van der Waals surface area contributed by atoms with Crippen molar-refractivity contribution in [1.82, 2.24) is 19.9 Å². The van der Waals surface area contributed by atoms with Gasteiger partial charge in [0.15, 0.2) is 0 Å². The summed E-state index contributed by atoms with van der Waals surface area (Å²) in [6, 6.07) is 19.7. The SMILES string of the molecule is Cc1ccc(C(=O)Nc2ccc(CC(C)N(C)C)cc2)cc1Nc1nccc(-c2cccnc2)n1. The molecular formula is C28H30N6O. The van der Waals surface area contributed by atoms with Crippen LogP contribution in [0.25, 0.3) is 11.3 Å². The second-order valence-electron chi connectivity index (χ2n) is 8.83. The van der Waals surface area contributed by atoms with Crippen LogP contribution in [0.1, 0.15) is 28.4 Å². The highest BCUT2D eigenvalue weighted by atomic mass is 16.1. The molecule has 0 radical (unpaired) electrons. The van der Waals surface area contributed by atoms with Crippen LogP contribution in [-0.2, 0) is 6.42 Å². The molecule has 0 saturated heterocycles. The second-order valence-corrected chi connectivity index (χ2v) is 8.83. The van der Waals surface area contributed by atoms with Gasteiger partial charge in [0.1, 0.15) is 0 Å². The molecule has 4 aromatic rings. The first-order chi connectivity index (χ1) is 16.9. The quantitative estimate of drug-likeness (QED) is 0.365. The number of aromatic nitrogens is 3. The summed E-state index contributed by atoms with van der Waals surface area (Å²) >= 11 is 0. The molecule has 2 N–H and O–H groups in total. The molecule has 7 nitrogen and oxygen atoms in total. The highest BCUT2D eigenvalue weighted by Gasteiger charge is 2.11. The first-order valence-corrected chi connectivity index (χ1v) is 11.6. The van der Waals surface area contributed by atoms with Crippen LogP contribution >= 0.6 is 0 Å². The van der Waals surface area contributed by atoms with Gasteiger partial charge in [-0.2, -0.15) is 0 Å². The Hall–Kier alpha value is -4.10. The molecule has 0 fully saturated rings. The van der Waals surface area contributed by atoms with E-state index in [0.717, 1.165) is 34.6 Å². The maximum Gasteiger partial charge on any atom is 0.255 e. The predicted octanol–water partition coefficient (Wildman–Crippen LogP) is 5.34. The smallest absolute Gasteiger partial charge is 0.255 e. The molecular weight excluding hydrogens is 436 g/mol. The number of nitrogens with one attached hydrogen (secondary N) is 2. The number of anilines is 3. The van der Waals surface area contributed by atoms with Crippen molar-refractivity contribution in [2.45, 2.75) is 26.3 Å². The number of carbonyl (C=O) groups excluding carboxylic acids is 1. The third kappa shape index (κ3) is 6.28. The average Bonchev–Trinajstić information content (AvgIpc) is 2.87. The predicted molar refractivity (Wildman–Crippen MR) is 141 cm³/mol. The number of aryl methyl sites for hydroxylation is 1. The number of amides is 1. The molecule has 0 saturated carbocycles. The Kier molecular flexibility index (Phi) is 7.48.